The van der Waals surface area contributed by atoms with Gasteiger partial charge in [-0.25, -0.2) is 0 Å². The summed E-state index contributed by atoms with van der Waals surface area (Å²) in [4.78, 5) is 23.5. The standard InChI is InChI=1S/C13H23F3N2O3/c1-21-12(20)7-9-18(10-13(14,15)16)11(19)6-4-2-3-5-8-17/h2-10,17H2,1H3. The van der Waals surface area contributed by atoms with Gasteiger partial charge < -0.3 is 15.4 Å². The predicted molar refractivity (Wildman–Crippen MR) is 71.4 cm³/mol. The lowest BCUT2D eigenvalue weighted by atomic mass is 10.1. The van der Waals surface area contributed by atoms with Crippen molar-refractivity contribution in [1.82, 2.24) is 4.90 Å². The van der Waals surface area contributed by atoms with Crippen molar-refractivity contribution in [2.75, 3.05) is 26.7 Å². The number of carbonyl (C=O) groups is 2. The highest BCUT2D eigenvalue weighted by Gasteiger charge is 2.32. The number of nitrogens with zero attached hydrogens (tertiary/aromatic N) is 1. The average molecular weight is 312 g/mol. The largest absolute Gasteiger partial charge is 0.469 e. The summed E-state index contributed by atoms with van der Waals surface area (Å²) in [6.45, 7) is -1.06. The molecule has 0 aliphatic rings. The van der Waals surface area contributed by atoms with E-state index in [0.717, 1.165) is 26.4 Å². The maximum absolute atomic E-state index is 12.4. The molecule has 0 aromatic carbocycles. The number of carbonyl (C=O) groups excluding carboxylic acids is 2. The normalized spacial score (nSPS) is 11.3. The van der Waals surface area contributed by atoms with Crippen molar-refractivity contribution >= 4 is 11.9 Å². The first kappa shape index (κ1) is 19.7. The summed E-state index contributed by atoms with van der Waals surface area (Å²) in [5.41, 5.74) is 5.33. The summed E-state index contributed by atoms with van der Waals surface area (Å²) in [7, 11) is 1.15. The fourth-order valence-electron chi connectivity index (χ4n) is 1.77. The Hall–Kier alpha value is -1.31. The topological polar surface area (TPSA) is 72.6 Å². The molecule has 0 heterocycles. The molecule has 8 heteroatoms. The van der Waals surface area contributed by atoms with Gasteiger partial charge in [0, 0.05) is 13.0 Å². The number of ether oxygens (including phenoxy) is 1. The van der Waals surface area contributed by atoms with Crippen LogP contribution in [-0.2, 0) is 14.3 Å². The van der Waals surface area contributed by atoms with Crippen LogP contribution in [0.25, 0.3) is 0 Å². The smallest absolute Gasteiger partial charge is 0.406 e. The van der Waals surface area contributed by atoms with E-state index in [4.69, 9.17) is 5.73 Å². The van der Waals surface area contributed by atoms with Gasteiger partial charge >= 0.3 is 12.1 Å². The van der Waals surface area contributed by atoms with E-state index < -0.39 is 24.6 Å². The molecule has 0 saturated carbocycles. The van der Waals surface area contributed by atoms with Gasteiger partial charge in [0.15, 0.2) is 0 Å². The van der Waals surface area contributed by atoms with Gasteiger partial charge in [-0.3, -0.25) is 9.59 Å². The SMILES string of the molecule is COC(=O)CCN(CC(F)(F)F)C(=O)CCCCCCN. The zero-order valence-corrected chi connectivity index (χ0v) is 12.2. The summed E-state index contributed by atoms with van der Waals surface area (Å²) >= 11 is 0. The van der Waals surface area contributed by atoms with Crippen molar-refractivity contribution in [3.8, 4) is 0 Å². The molecule has 0 aliphatic heterocycles. The third-order valence-electron chi connectivity index (χ3n) is 2.88. The Morgan fingerprint density at radius 2 is 1.71 bits per heavy atom. The molecule has 0 radical (unpaired) electrons. The number of unbranched alkanes of at least 4 members (excludes halogenated alkanes) is 3. The number of alkyl halides is 3. The van der Waals surface area contributed by atoms with Crippen LogP contribution in [0.1, 0.15) is 38.5 Å². The third kappa shape index (κ3) is 11.1. The zero-order chi connectivity index (χ0) is 16.3. The van der Waals surface area contributed by atoms with Crippen LogP contribution in [-0.4, -0.2) is 49.7 Å². The highest BCUT2D eigenvalue weighted by Crippen LogP contribution is 2.18. The zero-order valence-electron chi connectivity index (χ0n) is 12.2. The fraction of sp³-hybridized carbons (Fsp3) is 0.846. The summed E-state index contributed by atoms with van der Waals surface area (Å²) in [6.07, 6.45) is -1.72. The second kappa shape index (κ2) is 10.4. The van der Waals surface area contributed by atoms with Crippen LogP contribution in [0.2, 0.25) is 0 Å². The van der Waals surface area contributed by atoms with Gasteiger partial charge in [0.2, 0.25) is 5.91 Å². The molecule has 0 aromatic heterocycles. The summed E-state index contributed by atoms with van der Waals surface area (Å²) in [5.74, 6) is -1.23. The number of rotatable bonds is 10. The minimum Gasteiger partial charge on any atom is -0.469 e. The number of nitrogens with two attached hydrogens (primary N) is 1. The average Bonchev–Trinajstić information content (AvgIpc) is 2.41. The molecule has 0 aliphatic carbocycles. The second-order valence-corrected chi connectivity index (χ2v) is 4.71. The number of methoxy groups -OCH3 is 1. The minimum atomic E-state index is -4.48. The Kier molecular flexibility index (Phi) is 9.77. The van der Waals surface area contributed by atoms with Gasteiger partial charge in [-0.15, -0.1) is 0 Å². The van der Waals surface area contributed by atoms with E-state index in [0.29, 0.717) is 17.9 Å². The van der Waals surface area contributed by atoms with E-state index in [1.165, 1.54) is 0 Å². The van der Waals surface area contributed by atoms with Crippen LogP contribution in [0.3, 0.4) is 0 Å². The first-order valence-electron chi connectivity index (χ1n) is 6.91. The third-order valence-corrected chi connectivity index (χ3v) is 2.88. The first-order chi connectivity index (χ1) is 9.80. The quantitative estimate of drug-likeness (QED) is 0.493. The maximum Gasteiger partial charge on any atom is 0.406 e. The molecule has 0 rings (SSSR count). The Morgan fingerprint density at radius 3 is 2.24 bits per heavy atom. The van der Waals surface area contributed by atoms with Gasteiger partial charge in [-0.05, 0) is 19.4 Å². The second-order valence-electron chi connectivity index (χ2n) is 4.71. The van der Waals surface area contributed by atoms with E-state index in [9.17, 15) is 22.8 Å². The molecule has 21 heavy (non-hydrogen) atoms. The molecule has 124 valence electrons. The molecule has 0 spiro atoms. The molecule has 0 bridgehead atoms. The Balaban J connectivity index is 4.28. The van der Waals surface area contributed by atoms with Crippen LogP contribution in [0.4, 0.5) is 13.2 Å². The van der Waals surface area contributed by atoms with Crippen LogP contribution in [0.15, 0.2) is 0 Å². The number of hydrogen-bond donors (Lipinski definition) is 1. The van der Waals surface area contributed by atoms with E-state index in [2.05, 4.69) is 4.74 Å². The molecule has 2 N–H and O–H groups in total. The van der Waals surface area contributed by atoms with Gasteiger partial charge in [0.1, 0.15) is 6.54 Å². The van der Waals surface area contributed by atoms with E-state index in [1.54, 1.807) is 0 Å². The van der Waals surface area contributed by atoms with Crippen LogP contribution >= 0.6 is 0 Å². The molecular formula is C13H23F3N2O3. The fourth-order valence-corrected chi connectivity index (χ4v) is 1.77. The van der Waals surface area contributed by atoms with Gasteiger partial charge in [0.25, 0.3) is 0 Å². The Bertz CT molecular complexity index is 322. The molecule has 5 nitrogen and oxygen atoms in total. The molecule has 0 aromatic rings. The van der Waals surface area contributed by atoms with Gasteiger partial charge in [0.05, 0.1) is 13.5 Å². The van der Waals surface area contributed by atoms with Crippen LogP contribution in [0.5, 0.6) is 0 Å². The first-order valence-corrected chi connectivity index (χ1v) is 6.91. The lowest BCUT2D eigenvalue weighted by molar-refractivity contribution is -0.162. The van der Waals surface area contributed by atoms with Gasteiger partial charge in [-0.2, -0.15) is 13.2 Å². The van der Waals surface area contributed by atoms with Crippen molar-refractivity contribution in [1.29, 1.82) is 0 Å². The highest BCUT2D eigenvalue weighted by atomic mass is 19.4. The minimum absolute atomic E-state index is 0.0435. The van der Waals surface area contributed by atoms with E-state index >= 15 is 0 Å². The molecule has 0 unspecified atom stereocenters. The molecule has 0 atom stereocenters. The monoisotopic (exact) mass is 312 g/mol. The summed E-state index contributed by atoms with van der Waals surface area (Å²) in [6, 6.07) is 0. The van der Waals surface area contributed by atoms with Crippen LogP contribution < -0.4 is 5.73 Å². The molecular weight excluding hydrogens is 289 g/mol. The molecule has 1 amide bonds. The number of hydrogen-bond acceptors (Lipinski definition) is 4. The van der Waals surface area contributed by atoms with E-state index in [1.807, 2.05) is 0 Å². The van der Waals surface area contributed by atoms with Crippen molar-refractivity contribution in [3.05, 3.63) is 0 Å². The predicted octanol–water partition coefficient (Wildman–Crippen LogP) is 1.85. The van der Waals surface area contributed by atoms with Crippen molar-refractivity contribution in [2.45, 2.75) is 44.7 Å². The Labute approximate surface area is 122 Å². The summed E-state index contributed by atoms with van der Waals surface area (Å²) in [5, 5.41) is 0. The molecule has 0 saturated heterocycles. The lowest BCUT2D eigenvalue weighted by Crippen LogP contribution is -2.40. The highest BCUT2D eigenvalue weighted by molar-refractivity contribution is 5.77. The maximum atomic E-state index is 12.4. The van der Waals surface area contributed by atoms with Crippen molar-refractivity contribution in [3.63, 3.8) is 0 Å². The lowest BCUT2D eigenvalue weighted by Gasteiger charge is -2.23. The Morgan fingerprint density at radius 1 is 1.10 bits per heavy atom. The summed E-state index contributed by atoms with van der Waals surface area (Å²) < 4.78 is 41.7. The number of halogens is 3. The van der Waals surface area contributed by atoms with E-state index in [-0.39, 0.29) is 19.4 Å². The number of esters is 1. The van der Waals surface area contributed by atoms with Crippen molar-refractivity contribution in [2.24, 2.45) is 5.73 Å². The number of amides is 1. The van der Waals surface area contributed by atoms with Gasteiger partial charge in [-0.1, -0.05) is 12.8 Å². The van der Waals surface area contributed by atoms with Crippen molar-refractivity contribution < 1.29 is 27.5 Å². The molecule has 0 fully saturated rings. The van der Waals surface area contributed by atoms with Crippen LogP contribution in [0, 0.1) is 0 Å².